The Morgan fingerprint density at radius 1 is 1.59 bits per heavy atom. The molecular weight excluding hydrogens is 216 g/mol. The first-order valence-electron chi connectivity index (χ1n) is 5.81. The van der Waals surface area contributed by atoms with Crippen LogP contribution in [0, 0.1) is 6.92 Å². The standard InChI is InChI=1S/C13H22N2O2/c1-4-5-15(6-7-16-3)10-12-8-13(9-14)17-11(12)2/h4,8H,1,5-7,9-10,14H2,2-3H3. The van der Waals surface area contributed by atoms with Gasteiger partial charge in [-0.25, -0.2) is 0 Å². The molecule has 0 bridgehead atoms. The molecule has 0 fully saturated rings. The molecule has 0 amide bonds. The fourth-order valence-corrected chi connectivity index (χ4v) is 1.72. The zero-order chi connectivity index (χ0) is 12.7. The Morgan fingerprint density at radius 3 is 2.88 bits per heavy atom. The third kappa shape index (κ3) is 4.34. The molecule has 4 heteroatoms. The van der Waals surface area contributed by atoms with Crippen molar-refractivity contribution in [3.8, 4) is 0 Å². The molecule has 0 aliphatic carbocycles. The van der Waals surface area contributed by atoms with E-state index in [4.69, 9.17) is 14.9 Å². The van der Waals surface area contributed by atoms with Crippen LogP contribution in [0.1, 0.15) is 17.1 Å². The second-order valence-electron chi connectivity index (χ2n) is 4.01. The van der Waals surface area contributed by atoms with Gasteiger partial charge in [-0.05, 0) is 13.0 Å². The maximum atomic E-state index is 5.56. The smallest absolute Gasteiger partial charge is 0.118 e. The van der Waals surface area contributed by atoms with Crippen molar-refractivity contribution in [3.63, 3.8) is 0 Å². The zero-order valence-corrected chi connectivity index (χ0v) is 10.7. The molecule has 0 saturated heterocycles. The Morgan fingerprint density at radius 2 is 2.35 bits per heavy atom. The summed E-state index contributed by atoms with van der Waals surface area (Å²) < 4.78 is 10.6. The molecule has 2 N–H and O–H groups in total. The lowest BCUT2D eigenvalue weighted by molar-refractivity contribution is 0.151. The van der Waals surface area contributed by atoms with Crippen LogP contribution in [0.4, 0.5) is 0 Å². The highest BCUT2D eigenvalue weighted by Gasteiger charge is 2.10. The van der Waals surface area contributed by atoms with E-state index in [2.05, 4.69) is 11.5 Å². The van der Waals surface area contributed by atoms with Gasteiger partial charge in [0.1, 0.15) is 11.5 Å². The van der Waals surface area contributed by atoms with Crippen LogP contribution < -0.4 is 5.73 Å². The van der Waals surface area contributed by atoms with E-state index in [0.29, 0.717) is 13.2 Å². The maximum absolute atomic E-state index is 5.56. The van der Waals surface area contributed by atoms with Crippen LogP contribution >= 0.6 is 0 Å². The van der Waals surface area contributed by atoms with Gasteiger partial charge in [0.15, 0.2) is 0 Å². The van der Waals surface area contributed by atoms with E-state index in [1.807, 2.05) is 19.1 Å². The fraction of sp³-hybridized carbons (Fsp3) is 0.538. The van der Waals surface area contributed by atoms with Gasteiger partial charge in [-0.1, -0.05) is 6.08 Å². The van der Waals surface area contributed by atoms with Crippen LogP contribution in [-0.4, -0.2) is 31.7 Å². The summed E-state index contributed by atoms with van der Waals surface area (Å²) in [6.45, 7) is 9.46. The summed E-state index contributed by atoms with van der Waals surface area (Å²) in [6, 6.07) is 2.03. The number of methoxy groups -OCH3 is 1. The maximum Gasteiger partial charge on any atom is 0.118 e. The van der Waals surface area contributed by atoms with Crippen LogP contribution in [0.2, 0.25) is 0 Å². The normalized spacial score (nSPS) is 11.1. The molecule has 4 nitrogen and oxygen atoms in total. The van der Waals surface area contributed by atoms with E-state index in [1.165, 1.54) is 5.56 Å². The number of nitrogens with zero attached hydrogens (tertiary/aromatic N) is 1. The quantitative estimate of drug-likeness (QED) is 0.700. The second kappa shape index (κ2) is 7.27. The summed E-state index contributed by atoms with van der Waals surface area (Å²) >= 11 is 0. The van der Waals surface area contributed by atoms with Crippen molar-refractivity contribution in [3.05, 3.63) is 35.8 Å². The largest absolute Gasteiger partial charge is 0.465 e. The molecule has 1 aromatic rings. The van der Waals surface area contributed by atoms with E-state index in [1.54, 1.807) is 7.11 Å². The molecule has 0 unspecified atom stereocenters. The van der Waals surface area contributed by atoms with Gasteiger partial charge in [0, 0.05) is 32.3 Å². The summed E-state index contributed by atoms with van der Waals surface area (Å²) in [4.78, 5) is 2.26. The molecule has 1 aromatic heterocycles. The topological polar surface area (TPSA) is 51.6 Å². The van der Waals surface area contributed by atoms with Gasteiger partial charge in [-0.3, -0.25) is 4.90 Å². The van der Waals surface area contributed by atoms with Crippen molar-refractivity contribution in [1.82, 2.24) is 4.90 Å². The number of rotatable bonds is 8. The minimum atomic E-state index is 0.445. The molecule has 0 atom stereocenters. The monoisotopic (exact) mass is 238 g/mol. The summed E-state index contributed by atoms with van der Waals surface area (Å²) in [7, 11) is 1.71. The average molecular weight is 238 g/mol. The molecular formula is C13H22N2O2. The van der Waals surface area contributed by atoms with Gasteiger partial charge in [0.05, 0.1) is 13.2 Å². The average Bonchev–Trinajstić information content (AvgIpc) is 2.67. The Balaban J connectivity index is 2.63. The zero-order valence-electron chi connectivity index (χ0n) is 10.7. The van der Waals surface area contributed by atoms with Gasteiger partial charge < -0.3 is 14.9 Å². The summed E-state index contributed by atoms with van der Waals surface area (Å²) in [6.07, 6.45) is 1.90. The third-order valence-electron chi connectivity index (χ3n) is 2.67. The number of aryl methyl sites for hydroxylation is 1. The highest BCUT2D eigenvalue weighted by molar-refractivity contribution is 5.20. The molecule has 0 aliphatic heterocycles. The molecule has 96 valence electrons. The fourth-order valence-electron chi connectivity index (χ4n) is 1.72. The van der Waals surface area contributed by atoms with E-state index in [9.17, 15) is 0 Å². The van der Waals surface area contributed by atoms with E-state index >= 15 is 0 Å². The van der Waals surface area contributed by atoms with Gasteiger partial charge in [0.2, 0.25) is 0 Å². The van der Waals surface area contributed by atoms with Crippen LogP contribution in [0.5, 0.6) is 0 Å². The predicted octanol–water partition coefficient (Wildman–Crippen LogP) is 1.68. The van der Waals surface area contributed by atoms with Crippen molar-refractivity contribution in [2.75, 3.05) is 26.8 Å². The lowest BCUT2D eigenvalue weighted by Gasteiger charge is -2.19. The van der Waals surface area contributed by atoms with E-state index in [0.717, 1.165) is 31.2 Å². The SMILES string of the molecule is C=CCN(CCOC)Cc1cc(CN)oc1C. The minimum Gasteiger partial charge on any atom is -0.465 e. The molecule has 0 saturated carbocycles. The molecule has 0 aliphatic rings. The van der Waals surface area contributed by atoms with Gasteiger partial charge in [-0.2, -0.15) is 0 Å². The molecule has 0 aromatic carbocycles. The first-order valence-corrected chi connectivity index (χ1v) is 5.81. The Kier molecular flexibility index (Phi) is 5.97. The highest BCUT2D eigenvalue weighted by atomic mass is 16.5. The minimum absolute atomic E-state index is 0.445. The first kappa shape index (κ1) is 14.0. The van der Waals surface area contributed by atoms with Gasteiger partial charge in [-0.15, -0.1) is 6.58 Å². The van der Waals surface area contributed by atoms with Crippen molar-refractivity contribution in [1.29, 1.82) is 0 Å². The summed E-state index contributed by atoms with van der Waals surface area (Å²) in [5, 5.41) is 0. The van der Waals surface area contributed by atoms with E-state index < -0.39 is 0 Å². The van der Waals surface area contributed by atoms with Crippen LogP contribution in [0.15, 0.2) is 23.1 Å². The van der Waals surface area contributed by atoms with Crippen molar-refractivity contribution in [2.45, 2.75) is 20.0 Å². The molecule has 1 rings (SSSR count). The Bertz CT molecular complexity index is 347. The van der Waals surface area contributed by atoms with Crippen molar-refractivity contribution < 1.29 is 9.15 Å². The Labute approximate surface area is 103 Å². The third-order valence-corrected chi connectivity index (χ3v) is 2.67. The highest BCUT2D eigenvalue weighted by Crippen LogP contribution is 2.16. The number of furan rings is 1. The van der Waals surface area contributed by atoms with Gasteiger partial charge in [0.25, 0.3) is 0 Å². The molecule has 0 radical (unpaired) electrons. The predicted molar refractivity (Wildman–Crippen MR) is 68.7 cm³/mol. The summed E-state index contributed by atoms with van der Waals surface area (Å²) in [5.41, 5.74) is 6.74. The second-order valence-corrected chi connectivity index (χ2v) is 4.01. The van der Waals surface area contributed by atoms with Crippen LogP contribution in [0.25, 0.3) is 0 Å². The van der Waals surface area contributed by atoms with Crippen LogP contribution in [0.3, 0.4) is 0 Å². The lowest BCUT2D eigenvalue weighted by Crippen LogP contribution is -2.27. The van der Waals surface area contributed by atoms with Crippen LogP contribution in [-0.2, 0) is 17.8 Å². The van der Waals surface area contributed by atoms with Crippen molar-refractivity contribution >= 4 is 0 Å². The van der Waals surface area contributed by atoms with Crippen molar-refractivity contribution in [2.24, 2.45) is 5.73 Å². The molecule has 0 spiro atoms. The van der Waals surface area contributed by atoms with E-state index in [-0.39, 0.29) is 0 Å². The Hall–Kier alpha value is -1.10. The molecule has 17 heavy (non-hydrogen) atoms. The summed E-state index contributed by atoms with van der Waals surface area (Å²) in [5.74, 6) is 1.78. The number of hydrogen-bond donors (Lipinski definition) is 1. The number of hydrogen-bond acceptors (Lipinski definition) is 4. The first-order chi connectivity index (χ1) is 8.21. The van der Waals surface area contributed by atoms with Gasteiger partial charge >= 0.3 is 0 Å². The number of ether oxygens (including phenoxy) is 1. The molecule has 1 heterocycles. The lowest BCUT2D eigenvalue weighted by atomic mass is 10.2. The number of nitrogens with two attached hydrogens (primary N) is 1.